The molecule has 0 aliphatic heterocycles. The molecular weight excluding hydrogens is 446 g/mol. The van der Waals surface area contributed by atoms with E-state index < -0.39 is 0 Å². The molecule has 0 spiro atoms. The van der Waals surface area contributed by atoms with E-state index in [1.807, 2.05) is 24.3 Å². The first-order valence-corrected chi connectivity index (χ1v) is 12.7. The third kappa shape index (κ3) is 7.85. The summed E-state index contributed by atoms with van der Waals surface area (Å²) in [4.78, 5) is 26.9. The fraction of sp³-hybridized carbons (Fsp3) is 0.500. The zero-order valence-corrected chi connectivity index (χ0v) is 21.5. The van der Waals surface area contributed by atoms with Gasteiger partial charge in [-0.05, 0) is 82.8 Å². The second-order valence-electron chi connectivity index (χ2n) is 9.85. The minimum absolute atomic E-state index is 0.0334. The summed E-state index contributed by atoms with van der Waals surface area (Å²) >= 11 is 5.89. The van der Waals surface area contributed by atoms with Crippen LogP contribution in [0.2, 0.25) is 5.02 Å². The van der Waals surface area contributed by atoms with Crippen molar-refractivity contribution >= 4 is 23.4 Å². The van der Waals surface area contributed by atoms with E-state index in [0.717, 1.165) is 44.1 Å². The van der Waals surface area contributed by atoms with E-state index in [-0.39, 0.29) is 36.2 Å². The monoisotopic (exact) mass is 483 g/mol. The molecule has 2 amide bonds. The molecule has 1 aliphatic rings. The number of nitrogens with zero attached hydrogens (tertiary/aromatic N) is 1. The predicted octanol–water partition coefficient (Wildman–Crippen LogP) is 4.69. The molecule has 34 heavy (non-hydrogen) atoms. The number of nitrogens with one attached hydrogen (secondary N) is 2. The van der Waals surface area contributed by atoms with Gasteiger partial charge in [0.15, 0.2) is 0 Å². The average molecular weight is 484 g/mol. The molecular formula is C28H38ClN3O2. The van der Waals surface area contributed by atoms with Crippen molar-refractivity contribution in [3.05, 3.63) is 70.2 Å². The fourth-order valence-corrected chi connectivity index (χ4v) is 5.02. The van der Waals surface area contributed by atoms with E-state index >= 15 is 0 Å². The molecule has 1 saturated carbocycles. The first-order chi connectivity index (χ1) is 16.3. The highest BCUT2D eigenvalue weighted by atomic mass is 35.5. The van der Waals surface area contributed by atoms with Crippen molar-refractivity contribution in [3.63, 3.8) is 0 Å². The van der Waals surface area contributed by atoms with Crippen molar-refractivity contribution in [1.29, 1.82) is 0 Å². The van der Waals surface area contributed by atoms with E-state index in [4.69, 9.17) is 11.6 Å². The second kappa shape index (κ2) is 12.4. The van der Waals surface area contributed by atoms with Gasteiger partial charge in [0, 0.05) is 36.0 Å². The van der Waals surface area contributed by atoms with Crippen molar-refractivity contribution in [3.8, 4) is 0 Å². The molecule has 6 heteroatoms. The summed E-state index contributed by atoms with van der Waals surface area (Å²) in [5.74, 6) is -0.119. The Hall–Kier alpha value is -2.37. The number of hydrogen-bond donors (Lipinski definition) is 2. The van der Waals surface area contributed by atoms with Crippen LogP contribution in [0.3, 0.4) is 0 Å². The SMILES string of the molecule is Cc1cccc(CC2(N(C)C)CCC(NC(=O)CCC(=O)NCCc3ccc(Cl)cc3)CC2)c1. The Morgan fingerprint density at radius 3 is 2.32 bits per heavy atom. The quantitative estimate of drug-likeness (QED) is 0.515. The van der Waals surface area contributed by atoms with Gasteiger partial charge in [0.05, 0.1) is 0 Å². The molecule has 0 radical (unpaired) electrons. The lowest BCUT2D eigenvalue weighted by Gasteiger charge is -2.45. The van der Waals surface area contributed by atoms with Crippen LogP contribution in [0.5, 0.6) is 0 Å². The Labute approximate surface area is 209 Å². The van der Waals surface area contributed by atoms with Gasteiger partial charge in [-0.2, -0.15) is 0 Å². The van der Waals surface area contributed by atoms with Crippen LogP contribution in [0.25, 0.3) is 0 Å². The Bertz CT molecular complexity index is 950. The zero-order chi connectivity index (χ0) is 24.6. The summed E-state index contributed by atoms with van der Waals surface area (Å²) in [5, 5.41) is 6.76. The molecule has 3 rings (SSSR count). The van der Waals surface area contributed by atoms with E-state index in [1.54, 1.807) is 0 Å². The molecule has 0 unspecified atom stereocenters. The summed E-state index contributed by atoms with van der Waals surface area (Å²) in [6.45, 7) is 2.69. The molecule has 0 heterocycles. The van der Waals surface area contributed by atoms with Gasteiger partial charge >= 0.3 is 0 Å². The molecule has 2 aromatic carbocycles. The Morgan fingerprint density at radius 1 is 1.00 bits per heavy atom. The number of halogens is 1. The molecule has 2 aromatic rings. The largest absolute Gasteiger partial charge is 0.356 e. The van der Waals surface area contributed by atoms with Crippen LogP contribution in [0.4, 0.5) is 0 Å². The van der Waals surface area contributed by atoms with E-state index in [1.165, 1.54) is 11.1 Å². The smallest absolute Gasteiger partial charge is 0.220 e. The highest BCUT2D eigenvalue weighted by Gasteiger charge is 2.37. The fourth-order valence-electron chi connectivity index (χ4n) is 4.90. The van der Waals surface area contributed by atoms with Gasteiger partial charge in [-0.25, -0.2) is 0 Å². The Kier molecular flexibility index (Phi) is 9.54. The van der Waals surface area contributed by atoms with E-state index in [2.05, 4.69) is 60.8 Å². The molecule has 1 aliphatic carbocycles. The summed E-state index contributed by atoms with van der Waals surface area (Å²) in [6, 6.07) is 16.6. The lowest BCUT2D eigenvalue weighted by Crippen LogP contribution is -2.52. The number of hydrogen-bond acceptors (Lipinski definition) is 3. The van der Waals surface area contributed by atoms with Crippen LogP contribution < -0.4 is 10.6 Å². The van der Waals surface area contributed by atoms with Crippen molar-refractivity contribution in [2.45, 2.75) is 69.9 Å². The number of carbonyl (C=O) groups is 2. The first-order valence-electron chi connectivity index (χ1n) is 12.3. The van der Waals surface area contributed by atoms with E-state index in [0.29, 0.717) is 11.6 Å². The van der Waals surface area contributed by atoms with Crippen LogP contribution in [0.15, 0.2) is 48.5 Å². The number of aryl methyl sites for hydroxylation is 1. The van der Waals surface area contributed by atoms with Gasteiger partial charge in [0.25, 0.3) is 0 Å². The maximum absolute atomic E-state index is 12.5. The van der Waals surface area contributed by atoms with Crippen LogP contribution >= 0.6 is 11.6 Å². The molecule has 2 N–H and O–H groups in total. The van der Waals surface area contributed by atoms with Crippen LogP contribution in [0.1, 0.15) is 55.2 Å². The minimum Gasteiger partial charge on any atom is -0.356 e. The minimum atomic E-state index is -0.0856. The third-order valence-corrected chi connectivity index (χ3v) is 7.33. The van der Waals surface area contributed by atoms with Crippen molar-refractivity contribution in [2.24, 2.45) is 0 Å². The second-order valence-corrected chi connectivity index (χ2v) is 10.3. The highest BCUT2D eigenvalue weighted by Crippen LogP contribution is 2.35. The Morgan fingerprint density at radius 2 is 1.68 bits per heavy atom. The topological polar surface area (TPSA) is 61.4 Å². The number of rotatable bonds is 10. The highest BCUT2D eigenvalue weighted by molar-refractivity contribution is 6.30. The lowest BCUT2D eigenvalue weighted by atomic mass is 9.74. The van der Waals surface area contributed by atoms with Gasteiger partial charge < -0.3 is 15.5 Å². The van der Waals surface area contributed by atoms with Crippen molar-refractivity contribution in [2.75, 3.05) is 20.6 Å². The average Bonchev–Trinajstić information content (AvgIpc) is 2.80. The molecule has 0 bridgehead atoms. The number of carbonyl (C=O) groups excluding carboxylic acids is 2. The van der Waals surface area contributed by atoms with Gasteiger partial charge in [-0.3, -0.25) is 9.59 Å². The standard InChI is InChI=1S/C28H38ClN3O2/c1-21-5-4-6-23(19-21)20-28(32(2)3)16-13-25(14-17-28)31-27(34)12-11-26(33)30-18-15-22-7-9-24(29)10-8-22/h4-10,19,25H,11-18,20H2,1-3H3,(H,30,33)(H,31,34). The Balaban J connectivity index is 1.37. The van der Waals surface area contributed by atoms with Gasteiger partial charge in [-0.15, -0.1) is 0 Å². The maximum atomic E-state index is 12.5. The molecule has 0 atom stereocenters. The van der Waals surface area contributed by atoms with E-state index in [9.17, 15) is 9.59 Å². The van der Waals surface area contributed by atoms with Crippen molar-refractivity contribution in [1.82, 2.24) is 15.5 Å². The number of likely N-dealkylation sites (N-methyl/N-ethyl adjacent to an activating group) is 1. The summed E-state index contributed by atoms with van der Waals surface area (Å²) in [7, 11) is 4.33. The number of amides is 2. The number of benzene rings is 2. The van der Waals surface area contributed by atoms with Crippen LogP contribution in [-0.2, 0) is 22.4 Å². The summed E-state index contributed by atoms with van der Waals surface area (Å²) < 4.78 is 0. The third-order valence-electron chi connectivity index (χ3n) is 7.07. The first kappa shape index (κ1) is 26.2. The molecule has 0 saturated heterocycles. The van der Waals surface area contributed by atoms with Gasteiger partial charge in [0.2, 0.25) is 11.8 Å². The predicted molar refractivity (Wildman–Crippen MR) is 139 cm³/mol. The lowest BCUT2D eigenvalue weighted by molar-refractivity contribution is -0.127. The summed E-state index contributed by atoms with van der Waals surface area (Å²) in [5.41, 5.74) is 3.91. The van der Waals surface area contributed by atoms with Crippen LogP contribution in [-0.4, -0.2) is 48.9 Å². The van der Waals surface area contributed by atoms with Gasteiger partial charge in [0.1, 0.15) is 0 Å². The normalized spacial score (nSPS) is 20.2. The maximum Gasteiger partial charge on any atom is 0.220 e. The van der Waals surface area contributed by atoms with Gasteiger partial charge in [-0.1, -0.05) is 53.6 Å². The van der Waals surface area contributed by atoms with Crippen molar-refractivity contribution < 1.29 is 9.59 Å². The molecule has 184 valence electrons. The molecule has 0 aromatic heterocycles. The molecule has 1 fully saturated rings. The zero-order valence-electron chi connectivity index (χ0n) is 20.7. The summed E-state index contributed by atoms with van der Waals surface area (Å²) in [6.07, 6.45) is 6.23. The molecule has 5 nitrogen and oxygen atoms in total. The van der Waals surface area contributed by atoms with Crippen LogP contribution in [0, 0.1) is 6.92 Å².